The van der Waals surface area contributed by atoms with Gasteiger partial charge in [-0.25, -0.2) is 0 Å². The zero-order valence-electron chi connectivity index (χ0n) is 9.52. The lowest BCUT2D eigenvalue weighted by Crippen LogP contribution is -2.52. The Morgan fingerprint density at radius 3 is 2.87 bits per heavy atom. The maximum Gasteiger partial charge on any atom is 0.0215 e. The van der Waals surface area contributed by atoms with Gasteiger partial charge in [-0.1, -0.05) is 12.8 Å². The average Bonchev–Trinajstić information content (AvgIpc) is 2.18. The monoisotopic (exact) mass is 250 g/mol. The molecule has 90 valence electrons. The van der Waals surface area contributed by atoms with E-state index in [9.17, 15) is 0 Å². The van der Waals surface area contributed by atoms with Gasteiger partial charge >= 0.3 is 0 Å². The van der Waals surface area contributed by atoms with Crippen molar-refractivity contribution in [1.82, 2.24) is 4.90 Å². The Labute approximate surface area is 104 Å². The van der Waals surface area contributed by atoms with E-state index in [2.05, 4.69) is 23.6 Å². The van der Waals surface area contributed by atoms with Crippen LogP contribution in [0.4, 0.5) is 0 Å². The highest BCUT2D eigenvalue weighted by Gasteiger charge is 2.33. The van der Waals surface area contributed by atoms with Gasteiger partial charge in [-0.05, 0) is 19.8 Å². The van der Waals surface area contributed by atoms with E-state index < -0.39 is 0 Å². The number of halogens is 1. The van der Waals surface area contributed by atoms with Crippen molar-refractivity contribution in [3.8, 4) is 0 Å². The Kier molecular flexibility index (Phi) is 5.75. The van der Waals surface area contributed by atoms with Crippen LogP contribution in [0, 0.1) is 0 Å². The van der Waals surface area contributed by atoms with Crippen LogP contribution in [0.3, 0.4) is 0 Å². The third-order valence-corrected chi connectivity index (χ3v) is 4.77. The standard InChI is InChI=1S/C11H22N2S.ClH/c1-9(12)8-13-6-7-14-11-5-3-2-4-10(11)13;/h9-11H,2-8,12H2,1H3;1H. The van der Waals surface area contributed by atoms with Gasteiger partial charge in [-0.3, -0.25) is 4.90 Å². The topological polar surface area (TPSA) is 29.3 Å². The van der Waals surface area contributed by atoms with Crippen LogP contribution in [0.1, 0.15) is 32.6 Å². The molecular formula is C11H23ClN2S. The van der Waals surface area contributed by atoms with Crippen molar-refractivity contribution in [2.45, 2.75) is 49.9 Å². The first kappa shape index (κ1) is 13.6. The fourth-order valence-corrected chi connectivity index (χ4v) is 4.28. The van der Waals surface area contributed by atoms with E-state index in [1.54, 1.807) is 0 Å². The summed E-state index contributed by atoms with van der Waals surface area (Å²) in [6, 6.07) is 1.18. The molecule has 3 atom stereocenters. The van der Waals surface area contributed by atoms with Gasteiger partial charge in [-0.2, -0.15) is 11.8 Å². The second-order valence-electron chi connectivity index (χ2n) is 4.73. The number of hydrogen-bond donors (Lipinski definition) is 1. The molecule has 0 aromatic carbocycles. The molecule has 0 aromatic heterocycles. The molecule has 1 aliphatic heterocycles. The molecule has 4 heteroatoms. The molecule has 2 nitrogen and oxygen atoms in total. The molecule has 0 amide bonds. The zero-order valence-corrected chi connectivity index (χ0v) is 11.2. The smallest absolute Gasteiger partial charge is 0.0215 e. The van der Waals surface area contributed by atoms with E-state index in [0.29, 0.717) is 6.04 Å². The van der Waals surface area contributed by atoms with E-state index in [1.807, 2.05) is 0 Å². The normalized spacial score (nSPS) is 34.0. The summed E-state index contributed by atoms with van der Waals surface area (Å²) in [5.41, 5.74) is 5.90. The lowest BCUT2D eigenvalue weighted by molar-refractivity contribution is 0.156. The van der Waals surface area contributed by atoms with E-state index >= 15 is 0 Å². The molecule has 2 fully saturated rings. The number of hydrogen-bond acceptors (Lipinski definition) is 3. The van der Waals surface area contributed by atoms with Crippen LogP contribution in [0.2, 0.25) is 0 Å². The highest BCUT2D eigenvalue weighted by Crippen LogP contribution is 2.35. The molecule has 2 rings (SSSR count). The first-order chi connectivity index (χ1) is 6.77. The Hall–Kier alpha value is 0.560. The lowest BCUT2D eigenvalue weighted by Gasteiger charge is -2.44. The number of nitrogens with zero attached hydrogens (tertiary/aromatic N) is 1. The fraction of sp³-hybridized carbons (Fsp3) is 1.00. The molecule has 0 bridgehead atoms. The number of rotatable bonds is 2. The van der Waals surface area contributed by atoms with Crippen LogP contribution < -0.4 is 5.73 Å². The van der Waals surface area contributed by atoms with Crippen molar-refractivity contribution in [1.29, 1.82) is 0 Å². The molecule has 1 saturated carbocycles. The Bertz CT molecular complexity index is 187. The van der Waals surface area contributed by atoms with Gasteiger partial charge in [0.25, 0.3) is 0 Å². The predicted molar refractivity (Wildman–Crippen MR) is 71.0 cm³/mol. The first-order valence-electron chi connectivity index (χ1n) is 5.88. The summed E-state index contributed by atoms with van der Waals surface area (Å²) in [5.74, 6) is 1.31. The average molecular weight is 251 g/mol. The molecule has 2 aliphatic rings. The molecular weight excluding hydrogens is 228 g/mol. The quantitative estimate of drug-likeness (QED) is 0.814. The van der Waals surface area contributed by atoms with Crippen LogP contribution in [0.25, 0.3) is 0 Å². The van der Waals surface area contributed by atoms with Gasteiger partial charge in [-0.15, -0.1) is 12.4 Å². The Morgan fingerprint density at radius 2 is 2.13 bits per heavy atom. The number of nitrogens with two attached hydrogens (primary N) is 1. The molecule has 1 heterocycles. The highest BCUT2D eigenvalue weighted by molar-refractivity contribution is 8.00. The van der Waals surface area contributed by atoms with Gasteiger partial charge in [0, 0.05) is 36.2 Å². The summed E-state index contributed by atoms with van der Waals surface area (Å²) < 4.78 is 0. The van der Waals surface area contributed by atoms with Gasteiger partial charge in [0.15, 0.2) is 0 Å². The molecule has 1 aliphatic carbocycles. The summed E-state index contributed by atoms with van der Waals surface area (Å²) in [5, 5.41) is 0.913. The molecule has 15 heavy (non-hydrogen) atoms. The summed E-state index contributed by atoms with van der Waals surface area (Å²) in [6.07, 6.45) is 5.71. The minimum absolute atomic E-state index is 0. The van der Waals surface area contributed by atoms with Gasteiger partial charge in [0.2, 0.25) is 0 Å². The maximum atomic E-state index is 5.90. The zero-order chi connectivity index (χ0) is 9.97. The minimum Gasteiger partial charge on any atom is -0.327 e. The van der Waals surface area contributed by atoms with Crippen molar-refractivity contribution in [3.63, 3.8) is 0 Å². The Morgan fingerprint density at radius 1 is 1.40 bits per heavy atom. The maximum absolute atomic E-state index is 5.90. The van der Waals surface area contributed by atoms with Gasteiger partial charge in [0.05, 0.1) is 0 Å². The predicted octanol–water partition coefficient (Wildman–Crippen LogP) is 2.12. The van der Waals surface area contributed by atoms with Crippen LogP contribution >= 0.6 is 24.2 Å². The molecule has 0 radical (unpaired) electrons. The largest absolute Gasteiger partial charge is 0.327 e. The van der Waals surface area contributed by atoms with Crippen molar-refractivity contribution in [3.05, 3.63) is 0 Å². The number of fused-ring (bicyclic) bond motifs is 1. The van der Waals surface area contributed by atoms with Gasteiger partial charge < -0.3 is 5.73 Å². The molecule has 0 aromatic rings. The summed E-state index contributed by atoms with van der Waals surface area (Å²) >= 11 is 2.20. The van der Waals surface area contributed by atoms with Gasteiger partial charge in [0.1, 0.15) is 0 Å². The van der Waals surface area contributed by atoms with E-state index in [0.717, 1.165) is 17.8 Å². The van der Waals surface area contributed by atoms with E-state index in [4.69, 9.17) is 5.73 Å². The minimum atomic E-state index is 0. The molecule has 2 N–H and O–H groups in total. The van der Waals surface area contributed by atoms with Crippen LogP contribution in [-0.4, -0.2) is 41.1 Å². The third-order valence-electron chi connectivity index (χ3n) is 3.37. The van der Waals surface area contributed by atoms with Crippen molar-refractivity contribution in [2.75, 3.05) is 18.8 Å². The summed E-state index contributed by atoms with van der Waals surface area (Å²) in [4.78, 5) is 2.64. The van der Waals surface area contributed by atoms with Crippen LogP contribution in [0.5, 0.6) is 0 Å². The Balaban J connectivity index is 0.00000112. The molecule has 3 unspecified atom stereocenters. The van der Waals surface area contributed by atoms with E-state index in [-0.39, 0.29) is 12.4 Å². The van der Waals surface area contributed by atoms with Crippen molar-refractivity contribution >= 4 is 24.2 Å². The molecule has 1 saturated heterocycles. The SMILES string of the molecule is CC(N)CN1CCSC2CCCCC21.Cl. The van der Waals surface area contributed by atoms with Crippen molar-refractivity contribution in [2.24, 2.45) is 5.73 Å². The number of thioether (sulfide) groups is 1. The van der Waals surface area contributed by atoms with Crippen molar-refractivity contribution < 1.29 is 0 Å². The molecule has 0 spiro atoms. The lowest BCUT2D eigenvalue weighted by atomic mass is 9.93. The van der Waals surface area contributed by atoms with E-state index in [1.165, 1.54) is 38.0 Å². The second-order valence-corrected chi connectivity index (χ2v) is 6.08. The van der Waals surface area contributed by atoms with Crippen LogP contribution in [0.15, 0.2) is 0 Å². The first-order valence-corrected chi connectivity index (χ1v) is 6.93. The highest BCUT2D eigenvalue weighted by atomic mass is 35.5. The fourth-order valence-electron chi connectivity index (χ4n) is 2.77. The second kappa shape index (κ2) is 6.33. The summed E-state index contributed by atoms with van der Waals surface area (Å²) in [7, 11) is 0. The van der Waals surface area contributed by atoms with Crippen LogP contribution in [-0.2, 0) is 0 Å². The summed E-state index contributed by atoms with van der Waals surface area (Å²) in [6.45, 7) is 4.48. The third kappa shape index (κ3) is 3.52.